The SMILES string of the molecule is CNC(CCOCCOC)c1ccc(OC)cc1F. The van der Waals surface area contributed by atoms with Crippen molar-refractivity contribution in [1.29, 1.82) is 0 Å². The Morgan fingerprint density at radius 1 is 1.21 bits per heavy atom. The van der Waals surface area contributed by atoms with E-state index in [9.17, 15) is 4.39 Å². The lowest BCUT2D eigenvalue weighted by molar-refractivity contribution is 0.0659. The van der Waals surface area contributed by atoms with E-state index in [0.29, 0.717) is 37.6 Å². The lowest BCUT2D eigenvalue weighted by atomic mass is 10.0. The zero-order valence-electron chi connectivity index (χ0n) is 11.7. The summed E-state index contributed by atoms with van der Waals surface area (Å²) in [4.78, 5) is 0. The molecule has 0 amide bonds. The second kappa shape index (κ2) is 8.85. The summed E-state index contributed by atoms with van der Waals surface area (Å²) in [5, 5.41) is 3.10. The van der Waals surface area contributed by atoms with Gasteiger partial charge in [-0.25, -0.2) is 4.39 Å². The maximum atomic E-state index is 13.9. The number of hydrogen-bond donors (Lipinski definition) is 1. The first-order chi connectivity index (χ1) is 9.22. The highest BCUT2D eigenvalue weighted by atomic mass is 19.1. The molecule has 0 saturated heterocycles. The van der Waals surface area contributed by atoms with Crippen molar-refractivity contribution in [3.8, 4) is 5.75 Å². The largest absolute Gasteiger partial charge is 0.497 e. The lowest BCUT2D eigenvalue weighted by Crippen LogP contribution is -2.20. The van der Waals surface area contributed by atoms with Crippen molar-refractivity contribution in [2.45, 2.75) is 12.5 Å². The van der Waals surface area contributed by atoms with Crippen LogP contribution in [0.2, 0.25) is 0 Å². The lowest BCUT2D eigenvalue weighted by Gasteiger charge is -2.18. The van der Waals surface area contributed by atoms with E-state index in [1.165, 1.54) is 13.2 Å². The number of rotatable bonds is 9. The molecule has 1 rings (SSSR count). The quantitative estimate of drug-likeness (QED) is 0.699. The van der Waals surface area contributed by atoms with Crippen molar-refractivity contribution >= 4 is 0 Å². The van der Waals surface area contributed by atoms with Crippen LogP contribution in [0.1, 0.15) is 18.0 Å². The van der Waals surface area contributed by atoms with Crippen LogP contribution in [0.15, 0.2) is 18.2 Å². The minimum atomic E-state index is -0.268. The molecular weight excluding hydrogens is 249 g/mol. The number of hydrogen-bond acceptors (Lipinski definition) is 4. The standard InChI is InChI=1S/C14H22FNO3/c1-16-14(6-7-19-9-8-17-2)12-5-4-11(18-3)10-13(12)15/h4-5,10,14,16H,6-9H2,1-3H3. The Balaban J connectivity index is 2.54. The summed E-state index contributed by atoms with van der Waals surface area (Å²) in [6, 6.07) is 4.82. The number of halogens is 1. The van der Waals surface area contributed by atoms with Crippen LogP contribution in [0, 0.1) is 5.82 Å². The summed E-state index contributed by atoms with van der Waals surface area (Å²) in [5.74, 6) is 0.253. The van der Waals surface area contributed by atoms with E-state index in [4.69, 9.17) is 14.2 Å². The van der Waals surface area contributed by atoms with Crippen molar-refractivity contribution < 1.29 is 18.6 Å². The molecule has 1 N–H and O–H groups in total. The fraction of sp³-hybridized carbons (Fsp3) is 0.571. The van der Waals surface area contributed by atoms with Crippen LogP contribution in [0.25, 0.3) is 0 Å². The molecule has 108 valence electrons. The molecule has 0 aliphatic carbocycles. The average Bonchev–Trinajstić information content (AvgIpc) is 2.43. The van der Waals surface area contributed by atoms with Gasteiger partial charge in [0, 0.05) is 31.4 Å². The smallest absolute Gasteiger partial charge is 0.131 e. The highest BCUT2D eigenvalue weighted by Crippen LogP contribution is 2.23. The molecule has 0 aliphatic rings. The molecule has 1 aromatic carbocycles. The van der Waals surface area contributed by atoms with Gasteiger partial charge in [-0.15, -0.1) is 0 Å². The fourth-order valence-electron chi connectivity index (χ4n) is 1.82. The third-order valence-electron chi connectivity index (χ3n) is 2.91. The van der Waals surface area contributed by atoms with E-state index in [2.05, 4.69) is 5.32 Å². The van der Waals surface area contributed by atoms with Gasteiger partial charge in [-0.1, -0.05) is 6.07 Å². The molecule has 0 aromatic heterocycles. The van der Waals surface area contributed by atoms with Gasteiger partial charge in [0.15, 0.2) is 0 Å². The molecule has 0 fully saturated rings. The molecule has 19 heavy (non-hydrogen) atoms. The second-order valence-electron chi connectivity index (χ2n) is 4.12. The van der Waals surface area contributed by atoms with E-state index in [1.54, 1.807) is 19.2 Å². The third kappa shape index (κ3) is 5.14. The summed E-state index contributed by atoms with van der Waals surface area (Å²) in [6.45, 7) is 1.68. The molecular formula is C14H22FNO3. The molecule has 0 saturated carbocycles. The molecule has 0 aliphatic heterocycles. The van der Waals surface area contributed by atoms with Crippen molar-refractivity contribution in [1.82, 2.24) is 5.32 Å². The zero-order chi connectivity index (χ0) is 14.1. The van der Waals surface area contributed by atoms with E-state index in [1.807, 2.05) is 7.05 Å². The van der Waals surface area contributed by atoms with Crippen LogP contribution in [0.4, 0.5) is 4.39 Å². The van der Waals surface area contributed by atoms with Crippen molar-refractivity contribution in [2.24, 2.45) is 0 Å². The Labute approximate surface area is 113 Å². The third-order valence-corrected chi connectivity index (χ3v) is 2.91. The van der Waals surface area contributed by atoms with Crippen LogP contribution in [0.5, 0.6) is 5.75 Å². The Morgan fingerprint density at radius 2 is 2.00 bits per heavy atom. The molecule has 0 heterocycles. The first kappa shape index (κ1) is 15.9. The first-order valence-corrected chi connectivity index (χ1v) is 6.30. The predicted octanol–water partition coefficient (Wildman–Crippen LogP) is 2.15. The monoisotopic (exact) mass is 271 g/mol. The van der Waals surface area contributed by atoms with Crippen molar-refractivity contribution in [3.05, 3.63) is 29.6 Å². The van der Waals surface area contributed by atoms with Gasteiger partial charge < -0.3 is 19.5 Å². The summed E-state index contributed by atoms with van der Waals surface area (Å²) >= 11 is 0. The van der Waals surface area contributed by atoms with Crippen LogP contribution in [0.3, 0.4) is 0 Å². The Bertz CT molecular complexity index is 374. The number of methoxy groups -OCH3 is 2. The Kier molecular flexibility index (Phi) is 7.40. The van der Waals surface area contributed by atoms with E-state index >= 15 is 0 Å². The topological polar surface area (TPSA) is 39.7 Å². The minimum absolute atomic E-state index is 0.0755. The summed E-state index contributed by atoms with van der Waals surface area (Å²) < 4.78 is 29.2. The Hall–Kier alpha value is -1.17. The number of benzene rings is 1. The summed E-state index contributed by atoms with van der Waals surface area (Å²) in [5.41, 5.74) is 0.624. The summed E-state index contributed by atoms with van der Waals surface area (Å²) in [6.07, 6.45) is 0.698. The van der Waals surface area contributed by atoms with Crippen LogP contribution >= 0.6 is 0 Å². The van der Waals surface area contributed by atoms with Gasteiger partial charge in [0.2, 0.25) is 0 Å². The van der Waals surface area contributed by atoms with Gasteiger partial charge in [0.05, 0.1) is 20.3 Å². The number of ether oxygens (including phenoxy) is 3. The first-order valence-electron chi connectivity index (χ1n) is 6.30. The molecule has 1 unspecified atom stereocenters. The molecule has 0 spiro atoms. The predicted molar refractivity (Wildman–Crippen MR) is 72.1 cm³/mol. The maximum Gasteiger partial charge on any atom is 0.131 e. The van der Waals surface area contributed by atoms with Crippen molar-refractivity contribution in [2.75, 3.05) is 41.1 Å². The molecule has 1 atom stereocenters. The normalized spacial score (nSPS) is 12.4. The maximum absolute atomic E-state index is 13.9. The van der Waals surface area contributed by atoms with E-state index < -0.39 is 0 Å². The van der Waals surface area contributed by atoms with Gasteiger partial charge in [-0.05, 0) is 19.5 Å². The summed E-state index contributed by atoms with van der Waals surface area (Å²) in [7, 11) is 4.96. The van der Waals surface area contributed by atoms with Crippen LogP contribution in [-0.2, 0) is 9.47 Å². The van der Waals surface area contributed by atoms with Gasteiger partial charge in [-0.3, -0.25) is 0 Å². The highest BCUT2D eigenvalue weighted by Gasteiger charge is 2.14. The fourth-order valence-corrected chi connectivity index (χ4v) is 1.82. The van der Waals surface area contributed by atoms with Gasteiger partial charge in [0.25, 0.3) is 0 Å². The van der Waals surface area contributed by atoms with Gasteiger partial charge in [-0.2, -0.15) is 0 Å². The minimum Gasteiger partial charge on any atom is -0.497 e. The molecule has 1 aromatic rings. The second-order valence-corrected chi connectivity index (χ2v) is 4.12. The molecule has 0 radical (unpaired) electrons. The van der Waals surface area contributed by atoms with Crippen LogP contribution < -0.4 is 10.1 Å². The number of nitrogens with one attached hydrogen (secondary N) is 1. The van der Waals surface area contributed by atoms with Crippen molar-refractivity contribution in [3.63, 3.8) is 0 Å². The van der Waals surface area contributed by atoms with E-state index in [-0.39, 0.29) is 11.9 Å². The molecule has 4 nitrogen and oxygen atoms in total. The Morgan fingerprint density at radius 3 is 2.58 bits per heavy atom. The van der Waals surface area contributed by atoms with Gasteiger partial charge >= 0.3 is 0 Å². The molecule has 0 bridgehead atoms. The van der Waals surface area contributed by atoms with Crippen LogP contribution in [-0.4, -0.2) is 41.1 Å². The average molecular weight is 271 g/mol. The molecule has 5 heteroatoms. The van der Waals surface area contributed by atoms with E-state index in [0.717, 1.165) is 0 Å². The van der Waals surface area contributed by atoms with Gasteiger partial charge in [0.1, 0.15) is 11.6 Å². The highest BCUT2D eigenvalue weighted by molar-refractivity contribution is 5.30. The zero-order valence-corrected chi connectivity index (χ0v) is 11.7.